The molecule has 1 saturated heterocycles. The zero-order valence-electron chi connectivity index (χ0n) is 15.0. The minimum atomic E-state index is -3.62. The first-order valence-corrected chi connectivity index (χ1v) is 11.3. The van der Waals surface area contributed by atoms with Crippen molar-refractivity contribution in [2.45, 2.75) is 50.2 Å². The zero-order valence-corrected chi connectivity index (χ0v) is 16.6. The molecule has 24 heavy (non-hydrogen) atoms. The molecular weight excluding hydrogens is 346 g/mol. The summed E-state index contributed by atoms with van der Waals surface area (Å²) in [7, 11) is -6.85. The van der Waals surface area contributed by atoms with E-state index in [0.717, 1.165) is 5.56 Å². The summed E-state index contributed by atoms with van der Waals surface area (Å²) in [6, 6.07) is 6.84. The molecule has 0 spiro atoms. The first kappa shape index (κ1) is 19.4. The van der Waals surface area contributed by atoms with Crippen LogP contribution in [0.5, 0.6) is 0 Å². The van der Waals surface area contributed by atoms with Crippen LogP contribution in [0.25, 0.3) is 0 Å². The van der Waals surface area contributed by atoms with Crippen molar-refractivity contribution in [2.24, 2.45) is 5.92 Å². The Hall–Kier alpha value is -0.920. The molecule has 0 unspecified atom stereocenters. The van der Waals surface area contributed by atoms with Crippen molar-refractivity contribution >= 4 is 19.9 Å². The van der Waals surface area contributed by atoms with Crippen LogP contribution in [0, 0.1) is 5.92 Å². The van der Waals surface area contributed by atoms with Crippen molar-refractivity contribution < 1.29 is 16.8 Å². The van der Waals surface area contributed by atoms with Crippen LogP contribution in [0.2, 0.25) is 0 Å². The predicted molar refractivity (Wildman–Crippen MR) is 96.3 cm³/mol. The number of sulfonamides is 1. The summed E-state index contributed by atoms with van der Waals surface area (Å²) in [6.07, 6.45) is 0. The van der Waals surface area contributed by atoms with Crippen LogP contribution in [0.4, 0.5) is 0 Å². The van der Waals surface area contributed by atoms with Crippen molar-refractivity contribution in [2.75, 3.05) is 18.8 Å². The van der Waals surface area contributed by atoms with Gasteiger partial charge in [-0.05, 0) is 29.0 Å². The smallest absolute Gasteiger partial charge is 0.228 e. The van der Waals surface area contributed by atoms with Crippen LogP contribution in [-0.4, -0.2) is 45.2 Å². The number of sulfone groups is 1. The van der Waals surface area contributed by atoms with E-state index in [-0.39, 0.29) is 35.1 Å². The lowest BCUT2D eigenvalue weighted by molar-refractivity contribution is 0.309. The zero-order chi connectivity index (χ0) is 18.3. The normalized spacial score (nSPS) is 17.9. The van der Waals surface area contributed by atoms with Gasteiger partial charge in [-0.1, -0.05) is 46.8 Å². The summed E-state index contributed by atoms with van der Waals surface area (Å²) >= 11 is 0. The van der Waals surface area contributed by atoms with Gasteiger partial charge in [-0.25, -0.2) is 16.8 Å². The van der Waals surface area contributed by atoms with E-state index in [0.29, 0.717) is 0 Å². The monoisotopic (exact) mass is 373 g/mol. The molecule has 0 bridgehead atoms. The molecule has 5 nitrogen and oxygen atoms in total. The van der Waals surface area contributed by atoms with E-state index in [2.05, 4.69) is 20.8 Å². The second-order valence-corrected chi connectivity index (χ2v) is 12.2. The van der Waals surface area contributed by atoms with E-state index in [4.69, 9.17) is 0 Å². The second kappa shape index (κ2) is 6.42. The molecule has 1 aromatic rings. The predicted octanol–water partition coefficient (Wildman–Crippen LogP) is 2.43. The van der Waals surface area contributed by atoms with Crippen LogP contribution < -0.4 is 0 Å². The van der Waals surface area contributed by atoms with Crippen molar-refractivity contribution in [3.63, 3.8) is 0 Å². The standard InChI is InChI=1S/C17H27NO4S2/c1-13(2)12-23(19,20)16-10-18(11-16)24(21,22)15-8-6-14(7-9-15)17(3,4)5/h6-9,13,16H,10-12H2,1-5H3. The molecule has 7 heteroatoms. The average Bonchev–Trinajstić information content (AvgIpc) is 2.33. The van der Waals surface area contributed by atoms with Crippen molar-refractivity contribution in [1.29, 1.82) is 0 Å². The fourth-order valence-electron chi connectivity index (χ4n) is 2.70. The Kier molecular flexibility index (Phi) is 5.19. The summed E-state index contributed by atoms with van der Waals surface area (Å²) in [4.78, 5) is 0.218. The van der Waals surface area contributed by atoms with E-state index in [1.54, 1.807) is 12.1 Å². The van der Waals surface area contributed by atoms with Gasteiger partial charge in [0.1, 0.15) is 0 Å². The first-order chi connectivity index (χ1) is 10.8. The highest BCUT2D eigenvalue weighted by molar-refractivity contribution is 7.92. The van der Waals surface area contributed by atoms with E-state index in [1.807, 2.05) is 26.0 Å². The van der Waals surface area contributed by atoms with Gasteiger partial charge in [0.05, 0.1) is 15.9 Å². The van der Waals surface area contributed by atoms with Crippen LogP contribution in [0.15, 0.2) is 29.2 Å². The molecule has 1 aliphatic rings. The second-order valence-electron chi connectivity index (χ2n) is 7.94. The molecule has 0 N–H and O–H groups in total. The Morgan fingerprint density at radius 2 is 1.54 bits per heavy atom. The van der Waals surface area contributed by atoms with Crippen LogP contribution in [0.1, 0.15) is 40.2 Å². The molecule has 136 valence electrons. The fraction of sp³-hybridized carbons (Fsp3) is 0.647. The van der Waals surface area contributed by atoms with Gasteiger partial charge in [0.15, 0.2) is 9.84 Å². The van der Waals surface area contributed by atoms with Crippen molar-refractivity contribution in [1.82, 2.24) is 4.31 Å². The minimum absolute atomic E-state index is 0.0466. The number of hydrogen-bond acceptors (Lipinski definition) is 4. The van der Waals surface area contributed by atoms with Crippen molar-refractivity contribution in [3.8, 4) is 0 Å². The Morgan fingerprint density at radius 1 is 1.04 bits per heavy atom. The van der Waals surface area contributed by atoms with Gasteiger partial charge in [0.25, 0.3) is 0 Å². The third kappa shape index (κ3) is 4.00. The van der Waals surface area contributed by atoms with Gasteiger partial charge < -0.3 is 0 Å². The molecule has 0 aliphatic carbocycles. The third-order valence-electron chi connectivity index (χ3n) is 4.25. The Bertz CT molecular complexity index is 782. The molecule has 0 radical (unpaired) electrons. The highest BCUT2D eigenvalue weighted by Crippen LogP contribution is 2.28. The maximum absolute atomic E-state index is 12.6. The van der Waals surface area contributed by atoms with Gasteiger partial charge in [-0.2, -0.15) is 4.31 Å². The summed E-state index contributed by atoms with van der Waals surface area (Å²) in [6.45, 7) is 10.0. The van der Waals surface area contributed by atoms with Gasteiger partial charge in [0.2, 0.25) is 10.0 Å². The first-order valence-electron chi connectivity index (χ1n) is 8.16. The molecule has 2 rings (SSSR count). The third-order valence-corrected chi connectivity index (χ3v) is 8.54. The SMILES string of the molecule is CC(C)CS(=O)(=O)C1CN(S(=O)(=O)c2ccc(C(C)(C)C)cc2)C1. The summed E-state index contributed by atoms with van der Waals surface area (Å²) in [5, 5.41) is -0.580. The maximum Gasteiger partial charge on any atom is 0.243 e. The number of nitrogens with zero attached hydrogens (tertiary/aromatic N) is 1. The minimum Gasteiger partial charge on any atom is -0.228 e. The quantitative estimate of drug-likeness (QED) is 0.795. The molecule has 1 heterocycles. The molecule has 1 aliphatic heterocycles. The van der Waals surface area contributed by atoms with E-state index in [9.17, 15) is 16.8 Å². The van der Waals surface area contributed by atoms with Crippen LogP contribution in [0.3, 0.4) is 0 Å². The van der Waals surface area contributed by atoms with Crippen LogP contribution in [-0.2, 0) is 25.3 Å². The molecule has 1 fully saturated rings. The summed E-state index contributed by atoms with van der Waals surface area (Å²) in [5.41, 5.74) is 1.01. The number of rotatable bonds is 5. The largest absolute Gasteiger partial charge is 0.243 e. The van der Waals surface area contributed by atoms with E-state index in [1.165, 1.54) is 4.31 Å². The van der Waals surface area contributed by atoms with Crippen molar-refractivity contribution in [3.05, 3.63) is 29.8 Å². The fourth-order valence-corrected chi connectivity index (χ4v) is 6.44. The lowest BCUT2D eigenvalue weighted by Gasteiger charge is -2.37. The van der Waals surface area contributed by atoms with E-state index >= 15 is 0 Å². The van der Waals surface area contributed by atoms with Crippen LogP contribution >= 0.6 is 0 Å². The lowest BCUT2D eigenvalue weighted by Crippen LogP contribution is -2.57. The topological polar surface area (TPSA) is 71.5 Å². The van der Waals surface area contributed by atoms with Gasteiger partial charge in [-0.15, -0.1) is 0 Å². The van der Waals surface area contributed by atoms with Gasteiger partial charge in [-0.3, -0.25) is 0 Å². The maximum atomic E-state index is 12.6. The Morgan fingerprint density at radius 3 is 1.96 bits per heavy atom. The molecule has 1 aromatic carbocycles. The molecular formula is C17H27NO4S2. The Balaban J connectivity index is 2.11. The lowest BCUT2D eigenvalue weighted by atomic mass is 9.87. The van der Waals surface area contributed by atoms with E-state index < -0.39 is 25.1 Å². The number of benzene rings is 1. The summed E-state index contributed by atoms with van der Waals surface area (Å²) in [5.74, 6) is 0.150. The number of hydrogen-bond donors (Lipinski definition) is 0. The summed E-state index contributed by atoms with van der Waals surface area (Å²) < 4.78 is 50.8. The average molecular weight is 374 g/mol. The molecule has 0 atom stereocenters. The molecule has 0 saturated carbocycles. The van der Waals surface area contributed by atoms with Gasteiger partial charge in [0, 0.05) is 13.1 Å². The molecule has 0 amide bonds. The highest BCUT2D eigenvalue weighted by atomic mass is 32.2. The van der Waals surface area contributed by atoms with Gasteiger partial charge >= 0.3 is 0 Å². The highest BCUT2D eigenvalue weighted by Gasteiger charge is 2.43. The Labute approximate surface area is 146 Å². The molecule has 0 aromatic heterocycles.